The maximum Gasteiger partial charge on any atom is 0.191 e. The quantitative estimate of drug-likeness (QED) is 0.276. The molecule has 7 nitrogen and oxygen atoms in total. The Hall–Kier alpha value is -1.26. The number of benzene rings is 1. The van der Waals surface area contributed by atoms with Crippen molar-refractivity contribution in [1.82, 2.24) is 15.5 Å². The fourth-order valence-electron chi connectivity index (χ4n) is 4.45. The minimum Gasteiger partial charge on any atom is -0.495 e. The van der Waals surface area contributed by atoms with Gasteiger partial charge in [0.15, 0.2) is 5.96 Å². The predicted molar refractivity (Wildman–Crippen MR) is 144 cm³/mol. The summed E-state index contributed by atoms with van der Waals surface area (Å²) in [4.78, 5) is 9.81. The van der Waals surface area contributed by atoms with Gasteiger partial charge in [-0.3, -0.25) is 9.89 Å². The molecular weight excluding hydrogens is 517 g/mol. The Bertz CT molecular complexity index is 703. The number of guanidine groups is 1. The van der Waals surface area contributed by atoms with Crippen molar-refractivity contribution in [1.29, 1.82) is 0 Å². The van der Waals surface area contributed by atoms with E-state index in [1.807, 2.05) is 12.1 Å². The van der Waals surface area contributed by atoms with Crippen molar-refractivity contribution >= 4 is 35.6 Å². The Balaban J connectivity index is 0.00000363. The lowest BCUT2D eigenvalue weighted by Crippen LogP contribution is -2.50. The first-order chi connectivity index (χ1) is 15.1. The molecule has 3 rings (SSSR count). The molecular formula is C24H42IN5O2. The third-order valence-electron chi connectivity index (χ3n) is 5.91. The number of nitrogens with zero attached hydrogens (tertiary/aromatic N) is 3. The van der Waals surface area contributed by atoms with Gasteiger partial charge in [-0.2, -0.15) is 0 Å². The summed E-state index contributed by atoms with van der Waals surface area (Å²) < 4.78 is 11.5. The smallest absolute Gasteiger partial charge is 0.191 e. The molecule has 2 atom stereocenters. The van der Waals surface area contributed by atoms with Crippen molar-refractivity contribution < 1.29 is 9.47 Å². The first-order valence-electron chi connectivity index (χ1n) is 11.8. The predicted octanol–water partition coefficient (Wildman–Crippen LogP) is 3.05. The number of hydrogen-bond donors (Lipinski definition) is 2. The molecule has 0 spiro atoms. The van der Waals surface area contributed by atoms with Crippen LogP contribution >= 0.6 is 24.0 Å². The lowest BCUT2D eigenvalue weighted by atomic mass is 10.1. The summed E-state index contributed by atoms with van der Waals surface area (Å²) >= 11 is 0. The molecule has 0 aromatic heterocycles. The monoisotopic (exact) mass is 559 g/mol. The average molecular weight is 560 g/mol. The highest BCUT2D eigenvalue weighted by atomic mass is 127. The maximum atomic E-state index is 5.98. The topological polar surface area (TPSA) is 61.4 Å². The summed E-state index contributed by atoms with van der Waals surface area (Å²) in [5, 5.41) is 6.89. The molecule has 2 fully saturated rings. The van der Waals surface area contributed by atoms with Gasteiger partial charge < -0.3 is 25.0 Å². The van der Waals surface area contributed by atoms with E-state index in [9.17, 15) is 0 Å². The first-order valence-corrected chi connectivity index (χ1v) is 11.8. The fraction of sp³-hybridized carbons (Fsp3) is 0.708. The van der Waals surface area contributed by atoms with Crippen molar-refractivity contribution in [3.8, 4) is 5.75 Å². The number of halogens is 1. The Morgan fingerprint density at radius 3 is 2.78 bits per heavy atom. The van der Waals surface area contributed by atoms with Gasteiger partial charge in [-0.15, -0.1) is 24.0 Å². The number of aliphatic imine (C=N–C) groups is 1. The maximum absolute atomic E-state index is 5.98. The molecule has 0 aliphatic carbocycles. The third kappa shape index (κ3) is 8.26. The number of methoxy groups -OCH3 is 1. The molecule has 0 amide bonds. The Morgan fingerprint density at radius 2 is 2.03 bits per heavy atom. The van der Waals surface area contributed by atoms with Gasteiger partial charge in [-0.1, -0.05) is 26.0 Å². The molecule has 2 unspecified atom stereocenters. The molecule has 2 aliphatic rings. The van der Waals surface area contributed by atoms with Gasteiger partial charge in [0.25, 0.3) is 0 Å². The van der Waals surface area contributed by atoms with Crippen LogP contribution in [-0.4, -0.2) is 83.0 Å². The molecule has 1 aromatic carbocycles. The van der Waals surface area contributed by atoms with Gasteiger partial charge in [-0.05, 0) is 37.3 Å². The summed E-state index contributed by atoms with van der Waals surface area (Å²) in [5.41, 5.74) is 1.18. The number of morpholine rings is 1. The second kappa shape index (κ2) is 14.1. The molecule has 2 saturated heterocycles. The van der Waals surface area contributed by atoms with Gasteiger partial charge in [0.2, 0.25) is 0 Å². The highest BCUT2D eigenvalue weighted by Crippen LogP contribution is 2.31. The first kappa shape index (κ1) is 27.0. The average Bonchev–Trinajstić information content (AvgIpc) is 3.24. The van der Waals surface area contributed by atoms with E-state index in [1.165, 1.54) is 5.69 Å². The van der Waals surface area contributed by atoms with Gasteiger partial charge in [0.05, 0.1) is 25.5 Å². The number of nitrogens with one attached hydrogen (secondary N) is 2. The van der Waals surface area contributed by atoms with E-state index in [4.69, 9.17) is 14.5 Å². The van der Waals surface area contributed by atoms with E-state index in [1.54, 1.807) is 7.11 Å². The van der Waals surface area contributed by atoms with Gasteiger partial charge >= 0.3 is 0 Å². The van der Waals surface area contributed by atoms with Gasteiger partial charge in [0, 0.05) is 52.4 Å². The molecule has 32 heavy (non-hydrogen) atoms. The summed E-state index contributed by atoms with van der Waals surface area (Å²) in [6.45, 7) is 15.2. The van der Waals surface area contributed by atoms with Crippen LogP contribution in [0.5, 0.6) is 5.75 Å². The van der Waals surface area contributed by atoms with Crippen LogP contribution in [-0.2, 0) is 4.74 Å². The molecule has 0 saturated carbocycles. The van der Waals surface area contributed by atoms with Crippen molar-refractivity contribution in [2.24, 2.45) is 16.8 Å². The standard InChI is InChI=1S/C24H41N5O2.HI/c1-5-25-24(27-15-21-18-28(12-13-31-21)16-19(2)3)26-14-20-10-11-29(17-20)22-8-6-7-9-23(22)30-4;/h6-9,19-21H,5,10-18H2,1-4H3,(H2,25,26,27);1H. The Kier molecular flexibility index (Phi) is 11.9. The molecule has 1 aromatic rings. The van der Waals surface area contributed by atoms with E-state index >= 15 is 0 Å². The third-order valence-corrected chi connectivity index (χ3v) is 5.91. The van der Waals surface area contributed by atoms with E-state index in [0.717, 1.165) is 77.1 Å². The van der Waals surface area contributed by atoms with E-state index in [2.05, 4.69) is 53.3 Å². The second-order valence-corrected chi connectivity index (χ2v) is 9.02. The second-order valence-electron chi connectivity index (χ2n) is 9.02. The van der Waals surface area contributed by atoms with Gasteiger partial charge in [-0.25, -0.2) is 0 Å². The largest absolute Gasteiger partial charge is 0.495 e. The highest BCUT2D eigenvalue weighted by molar-refractivity contribution is 14.0. The van der Waals surface area contributed by atoms with Crippen molar-refractivity contribution in [3.05, 3.63) is 24.3 Å². The van der Waals surface area contributed by atoms with Crippen molar-refractivity contribution in [2.75, 3.05) is 71.0 Å². The lowest BCUT2D eigenvalue weighted by molar-refractivity contribution is -0.0284. The molecule has 8 heteroatoms. The number of para-hydroxylation sites is 2. The van der Waals surface area contributed by atoms with E-state index in [0.29, 0.717) is 11.8 Å². The van der Waals surface area contributed by atoms with Crippen LogP contribution in [0.1, 0.15) is 27.2 Å². The normalized spacial score (nSPS) is 22.0. The number of rotatable bonds is 9. The highest BCUT2D eigenvalue weighted by Gasteiger charge is 2.25. The van der Waals surface area contributed by atoms with E-state index in [-0.39, 0.29) is 30.1 Å². The lowest BCUT2D eigenvalue weighted by Gasteiger charge is -2.34. The van der Waals surface area contributed by atoms with Crippen LogP contribution in [0.2, 0.25) is 0 Å². The molecule has 2 N–H and O–H groups in total. The van der Waals surface area contributed by atoms with Crippen LogP contribution in [0.3, 0.4) is 0 Å². The van der Waals surface area contributed by atoms with Crippen molar-refractivity contribution in [3.63, 3.8) is 0 Å². The van der Waals surface area contributed by atoms with Crippen molar-refractivity contribution in [2.45, 2.75) is 33.3 Å². The summed E-state index contributed by atoms with van der Waals surface area (Å²) in [6.07, 6.45) is 1.36. The van der Waals surface area contributed by atoms with Crippen LogP contribution in [0.15, 0.2) is 29.3 Å². The number of hydrogen-bond acceptors (Lipinski definition) is 5. The molecule has 0 radical (unpaired) electrons. The molecule has 2 aliphatic heterocycles. The van der Waals surface area contributed by atoms with Crippen LogP contribution in [0, 0.1) is 11.8 Å². The number of ether oxygens (including phenoxy) is 2. The zero-order valence-electron chi connectivity index (χ0n) is 20.2. The Labute approximate surface area is 211 Å². The molecule has 2 heterocycles. The molecule has 182 valence electrons. The summed E-state index contributed by atoms with van der Waals surface area (Å²) in [5.74, 6) is 3.07. The summed E-state index contributed by atoms with van der Waals surface area (Å²) in [7, 11) is 1.74. The van der Waals surface area contributed by atoms with Crippen LogP contribution in [0.4, 0.5) is 5.69 Å². The van der Waals surface area contributed by atoms with Gasteiger partial charge in [0.1, 0.15) is 5.75 Å². The van der Waals surface area contributed by atoms with Crippen LogP contribution in [0.25, 0.3) is 0 Å². The number of anilines is 1. The Morgan fingerprint density at radius 1 is 1.22 bits per heavy atom. The zero-order chi connectivity index (χ0) is 22.1. The van der Waals surface area contributed by atoms with Crippen LogP contribution < -0.4 is 20.3 Å². The zero-order valence-corrected chi connectivity index (χ0v) is 22.5. The SMILES string of the molecule is CCNC(=NCC1CCN(c2ccccc2OC)C1)NCC1CN(CC(C)C)CCO1.I. The summed E-state index contributed by atoms with van der Waals surface area (Å²) in [6, 6.07) is 8.27. The fourth-order valence-corrected chi connectivity index (χ4v) is 4.45. The minimum absolute atomic E-state index is 0. The molecule has 0 bridgehead atoms. The van der Waals surface area contributed by atoms with E-state index < -0.39 is 0 Å². The minimum atomic E-state index is 0.